The highest BCUT2D eigenvalue weighted by molar-refractivity contribution is 6.00. The molecule has 108 valence electrons. The van der Waals surface area contributed by atoms with Gasteiger partial charge in [0.1, 0.15) is 0 Å². The van der Waals surface area contributed by atoms with Crippen molar-refractivity contribution in [1.29, 1.82) is 0 Å². The number of carbonyl (C=O) groups excluding carboxylic acids is 1. The maximum Gasteiger partial charge on any atom is 0.337 e. The lowest BCUT2D eigenvalue weighted by Crippen LogP contribution is -2.21. The molecule has 0 aliphatic rings. The average Bonchev–Trinajstić information content (AvgIpc) is 2.48. The van der Waals surface area contributed by atoms with Crippen LogP contribution in [0.4, 0.5) is 5.69 Å². The highest BCUT2D eigenvalue weighted by Crippen LogP contribution is 2.18. The van der Waals surface area contributed by atoms with E-state index in [1.54, 1.807) is 18.2 Å². The Bertz CT molecular complexity index is 641. The summed E-state index contributed by atoms with van der Waals surface area (Å²) in [6.07, 6.45) is 0.0813. The predicted octanol–water partition coefficient (Wildman–Crippen LogP) is 2.41. The number of nitrogens with one attached hydrogen (secondary N) is 1. The van der Waals surface area contributed by atoms with E-state index < -0.39 is 12.0 Å². The summed E-state index contributed by atoms with van der Waals surface area (Å²) in [4.78, 5) is 23.1. The maximum absolute atomic E-state index is 12.0. The summed E-state index contributed by atoms with van der Waals surface area (Å²) < 4.78 is 0. The van der Waals surface area contributed by atoms with Crippen LogP contribution in [0.1, 0.15) is 28.4 Å². The van der Waals surface area contributed by atoms with Crippen LogP contribution in [0, 0.1) is 0 Å². The molecule has 0 radical (unpaired) electrons. The number of aromatic carboxylic acids is 1. The molecule has 0 saturated carbocycles. The molecule has 2 rings (SSSR count). The number of carboxylic acid groups (broad SMARTS) is 1. The van der Waals surface area contributed by atoms with E-state index in [2.05, 4.69) is 5.32 Å². The molecule has 0 bridgehead atoms. The molecular weight excluding hydrogens is 268 g/mol. The zero-order valence-corrected chi connectivity index (χ0v) is 11.3. The monoisotopic (exact) mass is 284 g/mol. The van der Waals surface area contributed by atoms with Gasteiger partial charge in [0, 0.05) is 12.5 Å². The Labute approximate surface area is 122 Å². The molecule has 1 atom stereocenters. The van der Waals surface area contributed by atoms with E-state index in [9.17, 15) is 9.59 Å². The minimum Gasteiger partial charge on any atom is -0.478 e. The third-order valence-electron chi connectivity index (χ3n) is 3.06. The van der Waals surface area contributed by atoms with E-state index in [1.165, 1.54) is 6.07 Å². The molecule has 1 amide bonds. The van der Waals surface area contributed by atoms with Crippen LogP contribution in [-0.4, -0.2) is 17.0 Å². The lowest BCUT2D eigenvalue weighted by atomic mass is 10.0. The highest BCUT2D eigenvalue weighted by Gasteiger charge is 2.15. The van der Waals surface area contributed by atoms with Crippen molar-refractivity contribution in [3.63, 3.8) is 0 Å². The van der Waals surface area contributed by atoms with Crippen LogP contribution in [0.15, 0.2) is 54.6 Å². The van der Waals surface area contributed by atoms with E-state index in [1.807, 2.05) is 30.3 Å². The second-order valence-electron chi connectivity index (χ2n) is 4.62. The molecule has 0 aromatic heterocycles. The number of hydrogen-bond acceptors (Lipinski definition) is 3. The van der Waals surface area contributed by atoms with Gasteiger partial charge < -0.3 is 16.2 Å². The molecule has 21 heavy (non-hydrogen) atoms. The number of carbonyl (C=O) groups is 2. The van der Waals surface area contributed by atoms with Gasteiger partial charge in [-0.1, -0.05) is 42.5 Å². The summed E-state index contributed by atoms with van der Waals surface area (Å²) in [6.45, 7) is 0. The van der Waals surface area contributed by atoms with Gasteiger partial charge in [0.15, 0.2) is 0 Å². The lowest BCUT2D eigenvalue weighted by Gasteiger charge is -2.13. The summed E-state index contributed by atoms with van der Waals surface area (Å²) in [7, 11) is 0. The van der Waals surface area contributed by atoms with Crippen molar-refractivity contribution in [3.8, 4) is 0 Å². The minimum absolute atomic E-state index is 0.0548. The molecule has 2 aromatic rings. The van der Waals surface area contributed by atoms with Crippen LogP contribution < -0.4 is 11.1 Å². The summed E-state index contributed by atoms with van der Waals surface area (Å²) in [5.74, 6) is -1.40. The summed E-state index contributed by atoms with van der Waals surface area (Å²) in [5, 5.41) is 11.7. The van der Waals surface area contributed by atoms with Gasteiger partial charge in [-0.2, -0.15) is 0 Å². The number of benzene rings is 2. The number of hydrogen-bond donors (Lipinski definition) is 3. The Hall–Kier alpha value is -2.66. The van der Waals surface area contributed by atoms with Gasteiger partial charge in [-0.15, -0.1) is 0 Å². The zero-order chi connectivity index (χ0) is 15.2. The summed E-state index contributed by atoms with van der Waals surface area (Å²) in [6, 6.07) is 15.1. The number of amides is 1. The molecule has 0 aliphatic heterocycles. The number of nitrogens with two attached hydrogens (primary N) is 1. The van der Waals surface area contributed by atoms with Gasteiger partial charge in [0.05, 0.1) is 11.3 Å². The number of carboxylic acids is 1. The molecule has 0 heterocycles. The SMILES string of the molecule is NC(CC(=O)Nc1ccccc1C(=O)O)c1ccccc1. The van der Waals surface area contributed by atoms with Crippen molar-refractivity contribution in [2.24, 2.45) is 5.73 Å². The highest BCUT2D eigenvalue weighted by atomic mass is 16.4. The standard InChI is InChI=1S/C16H16N2O3/c17-13(11-6-2-1-3-7-11)10-15(19)18-14-9-5-4-8-12(14)16(20)21/h1-9,13H,10,17H2,(H,18,19)(H,20,21). The van der Waals surface area contributed by atoms with Crippen molar-refractivity contribution in [3.05, 3.63) is 65.7 Å². The van der Waals surface area contributed by atoms with Crippen LogP contribution in [0.25, 0.3) is 0 Å². The molecule has 2 aromatic carbocycles. The topological polar surface area (TPSA) is 92.4 Å². The van der Waals surface area contributed by atoms with E-state index in [0.29, 0.717) is 0 Å². The number of rotatable bonds is 5. The van der Waals surface area contributed by atoms with Crippen molar-refractivity contribution < 1.29 is 14.7 Å². The van der Waals surface area contributed by atoms with Crippen LogP contribution >= 0.6 is 0 Å². The fraction of sp³-hybridized carbons (Fsp3) is 0.125. The van der Waals surface area contributed by atoms with E-state index in [-0.39, 0.29) is 23.6 Å². The van der Waals surface area contributed by atoms with E-state index in [4.69, 9.17) is 10.8 Å². The fourth-order valence-electron chi connectivity index (χ4n) is 2.00. The maximum atomic E-state index is 12.0. The van der Waals surface area contributed by atoms with Gasteiger partial charge in [0.2, 0.25) is 5.91 Å². The Morgan fingerprint density at radius 2 is 1.67 bits per heavy atom. The first-order valence-electron chi connectivity index (χ1n) is 6.50. The van der Waals surface area contributed by atoms with Gasteiger partial charge in [-0.05, 0) is 17.7 Å². The van der Waals surface area contributed by atoms with Crippen molar-refractivity contribution in [1.82, 2.24) is 0 Å². The van der Waals surface area contributed by atoms with Crippen molar-refractivity contribution >= 4 is 17.6 Å². The molecule has 0 spiro atoms. The normalized spacial score (nSPS) is 11.7. The van der Waals surface area contributed by atoms with E-state index >= 15 is 0 Å². The van der Waals surface area contributed by atoms with Crippen LogP contribution in [0.5, 0.6) is 0 Å². The largest absolute Gasteiger partial charge is 0.478 e. The lowest BCUT2D eigenvalue weighted by molar-refractivity contribution is -0.116. The van der Waals surface area contributed by atoms with E-state index in [0.717, 1.165) is 5.56 Å². The first-order valence-corrected chi connectivity index (χ1v) is 6.50. The Balaban J connectivity index is 2.04. The van der Waals surface area contributed by atoms with Crippen molar-refractivity contribution in [2.45, 2.75) is 12.5 Å². The first-order chi connectivity index (χ1) is 10.1. The zero-order valence-electron chi connectivity index (χ0n) is 11.3. The Kier molecular flexibility index (Phi) is 4.68. The Morgan fingerprint density at radius 1 is 1.05 bits per heavy atom. The van der Waals surface area contributed by atoms with Gasteiger partial charge in [-0.25, -0.2) is 4.79 Å². The average molecular weight is 284 g/mol. The quantitative estimate of drug-likeness (QED) is 0.786. The fourth-order valence-corrected chi connectivity index (χ4v) is 2.00. The summed E-state index contributed by atoms with van der Waals surface area (Å²) in [5.41, 5.74) is 7.16. The molecule has 0 fully saturated rings. The first kappa shape index (κ1) is 14.7. The molecule has 5 heteroatoms. The number of anilines is 1. The van der Waals surface area contributed by atoms with Gasteiger partial charge in [-0.3, -0.25) is 4.79 Å². The third kappa shape index (κ3) is 3.90. The molecule has 5 nitrogen and oxygen atoms in total. The van der Waals surface area contributed by atoms with Crippen LogP contribution in [-0.2, 0) is 4.79 Å². The third-order valence-corrected chi connectivity index (χ3v) is 3.06. The molecule has 0 saturated heterocycles. The second kappa shape index (κ2) is 6.67. The van der Waals surface area contributed by atoms with Gasteiger partial charge >= 0.3 is 5.97 Å². The molecular formula is C16H16N2O3. The van der Waals surface area contributed by atoms with Crippen LogP contribution in [0.3, 0.4) is 0 Å². The second-order valence-corrected chi connectivity index (χ2v) is 4.62. The van der Waals surface area contributed by atoms with Crippen LogP contribution in [0.2, 0.25) is 0 Å². The summed E-state index contributed by atoms with van der Waals surface area (Å²) >= 11 is 0. The Morgan fingerprint density at radius 3 is 2.33 bits per heavy atom. The predicted molar refractivity (Wildman–Crippen MR) is 80.0 cm³/mol. The minimum atomic E-state index is -1.08. The molecule has 1 unspecified atom stereocenters. The van der Waals surface area contributed by atoms with Crippen molar-refractivity contribution in [2.75, 3.05) is 5.32 Å². The number of para-hydroxylation sites is 1. The molecule has 0 aliphatic carbocycles. The molecule has 4 N–H and O–H groups in total. The van der Waals surface area contributed by atoms with Gasteiger partial charge in [0.25, 0.3) is 0 Å². The smallest absolute Gasteiger partial charge is 0.337 e.